The van der Waals surface area contributed by atoms with Gasteiger partial charge >= 0.3 is 0 Å². The summed E-state index contributed by atoms with van der Waals surface area (Å²) in [5, 5.41) is 10.9. The number of carbonyl (C=O) groups is 1. The van der Waals surface area contributed by atoms with Crippen molar-refractivity contribution >= 4 is 5.91 Å². The van der Waals surface area contributed by atoms with Gasteiger partial charge in [-0.05, 0) is 31.9 Å². The zero-order chi connectivity index (χ0) is 17.6. The van der Waals surface area contributed by atoms with Crippen LogP contribution in [0.15, 0.2) is 22.7 Å². The molecule has 0 bridgehead atoms. The summed E-state index contributed by atoms with van der Waals surface area (Å²) in [5.74, 6) is 1.74. The van der Waals surface area contributed by atoms with E-state index in [0.29, 0.717) is 18.8 Å². The predicted molar refractivity (Wildman–Crippen MR) is 91.2 cm³/mol. The molecule has 0 radical (unpaired) electrons. The van der Waals surface area contributed by atoms with Crippen LogP contribution in [0.1, 0.15) is 40.9 Å². The first-order chi connectivity index (χ1) is 12.2. The van der Waals surface area contributed by atoms with Crippen molar-refractivity contribution < 1.29 is 13.9 Å². The van der Waals surface area contributed by atoms with Crippen LogP contribution in [0, 0.1) is 6.92 Å². The fourth-order valence-electron chi connectivity index (χ4n) is 3.05. The molecule has 1 saturated heterocycles. The molecule has 1 aliphatic heterocycles. The molecular weight excluding hydrogens is 322 g/mol. The summed E-state index contributed by atoms with van der Waals surface area (Å²) >= 11 is 0. The summed E-state index contributed by atoms with van der Waals surface area (Å²) in [6.07, 6.45) is 3.69. The van der Waals surface area contributed by atoms with E-state index in [1.165, 1.54) is 0 Å². The van der Waals surface area contributed by atoms with Crippen molar-refractivity contribution in [1.82, 2.24) is 25.2 Å². The van der Waals surface area contributed by atoms with Crippen LogP contribution in [-0.2, 0) is 11.3 Å². The molecule has 3 heterocycles. The smallest absolute Gasteiger partial charge is 0.273 e. The van der Waals surface area contributed by atoms with Crippen LogP contribution < -0.4 is 5.32 Å². The number of hydrogen-bond acceptors (Lipinski definition) is 6. The van der Waals surface area contributed by atoms with Crippen LogP contribution in [0.25, 0.3) is 0 Å². The quantitative estimate of drug-likeness (QED) is 0.762. The van der Waals surface area contributed by atoms with Gasteiger partial charge in [0, 0.05) is 26.7 Å². The Morgan fingerprint density at radius 1 is 1.40 bits per heavy atom. The molecule has 0 saturated carbocycles. The standard InChI is InChI=1S/C17H25N5O3/c1-13-3-4-15(25-13)11-21-8-5-14(6-9-21)22-12-16(19-20-22)17(23)18-7-10-24-2/h3-4,12,14H,5-11H2,1-2H3,(H,18,23). The molecule has 0 aromatic carbocycles. The first-order valence-corrected chi connectivity index (χ1v) is 8.62. The van der Waals surface area contributed by atoms with E-state index in [-0.39, 0.29) is 11.9 Å². The Bertz CT molecular complexity index is 688. The van der Waals surface area contributed by atoms with Crippen molar-refractivity contribution in [1.29, 1.82) is 0 Å². The Hall–Kier alpha value is -2.19. The van der Waals surface area contributed by atoms with Gasteiger partial charge in [-0.3, -0.25) is 9.69 Å². The van der Waals surface area contributed by atoms with Gasteiger partial charge in [0.25, 0.3) is 5.91 Å². The number of piperidine rings is 1. The van der Waals surface area contributed by atoms with E-state index in [1.807, 2.05) is 23.7 Å². The first-order valence-electron chi connectivity index (χ1n) is 8.62. The number of nitrogens with zero attached hydrogens (tertiary/aromatic N) is 4. The Balaban J connectivity index is 1.48. The Morgan fingerprint density at radius 2 is 2.20 bits per heavy atom. The normalized spacial score (nSPS) is 16.2. The van der Waals surface area contributed by atoms with E-state index in [4.69, 9.17) is 9.15 Å². The highest BCUT2D eigenvalue weighted by molar-refractivity contribution is 5.91. The van der Waals surface area contributed by atoms with E-state index in [1.54, 1.807) is 13.3 Å². The number of aromatic nitrogens is 3. The van der Waals surface area contributed by atoms with Gasteiger partial charge in [-0.15, -0.1) is 5.10 Å². The molecule has 2 aromatic heterocycles. The number of furan rings is 1. The fraction of sp³-hybridized carbons (Fsp3) is 0.588. The second-order valence-corrected chi connectivity index (χ2v) is 6.35. The predicted octanol–water partition coefficient (Wildman–Crippen LogP) is 1.39. The fourth-order valence-corrected chi connectivity index (χ4v) is 3.05. The first kappa shape index (κ1) is 17.6. The molecule has 3 rings (SSSR count). The molecule has 25 heavy (non-hydrogen) atoms. The van der Waals surface area contributed by atoms with Crippen LogP contribution in [0.5, 0.6) is 0 Å². The molecule has 1 aliphatic rings. The Kier molecular flexibility index (Phi) is 5.83. The van der Waals surface area contributed by atoms with Gasteiger partial charge in [-0.25, -0.2) is 4.68 Å². The van der Waals surface area contributed by atoms with Crippen molar-refractivity contribution in [3.05, 3.63) is 35.5 Å². The molecule has 1 N–H and O–H groups in total. The van der Waals surface area contributed by atoms with Gasteiger partial charge in [0.2, 0.25) is 0 Å². The third-order valence-electron chi connectivity index (χ3n) is 4.44. The molecule has 1 amide bonds. The number of aryl methyl sites for hydroxylation is 1. The number of carbonyl (C=O) groups excluding carboxylic acids is 1. The largest absolute Gasteiger partial charge is 0.465 e. The summed E-state index contributed by atoms with van der Waals surface area (Å²) in [6, 6.07) is 4.31. The van der Waals surface area contributed by atoms with Crippen molar-refractivity contribution in [2.24, 2.45) is 0 Å². The van der Waals surface area contributed by atoms with Gasteiger partial charge in [-0.2, -0.15) is 0 Å². The lowest BCUT2D eigenvalue weighted by Crippen LogP contribution is -2.34. The highest BCUT2D eigenvalue weighted by Gasteiger charge is 2.23. The van der Waals surface area contributed by atoms with Crippen LogP contribution in [0.2, 0.25) is 0 Å². The van der Waals surface area contributed by atoms with Crippen LogP contribution in [0.4, 0.5) is 0 Å². The molecule has 0 aliphatic carbocycles. The summed E-state index contributed by atoms with van der Waals surface area (Å²) in [4.78, 5) is 14.4. The lowest BCUT2D eigenvalue weighted by Gasteiger charge is -2.31. The van der Waals surface area contributed by atoms with Gasteiger partial charge in [-0.1, -0.05) is 5.21 Å². The van der Waals surface area contributed by atoms with Gasteiger partial charge in [0.15, 0.2) is 5.69 Å². The summed E-state index contributed by atoms with van der Waals surface area (Å²) in [5.41, 5.74) is 0.351. The van der Waals surface area contributed by atoms with E-state index >= 15 is 0 Å². The summed E-state index contributed by atoms with van der Waals surface area (Å²) in [7, 11) is 1.60. The monoisotopic (exact) mass is 347 g/mol. The molecule has 0 atom stereocenters. The lowest BCUT2D eigenvalue weighted by atomic mass is 10.1. The van der Waals surface area contributed by atoms with E-state index < -0.39 is 0 Å². The number of nitrogens with one attached hydrogen (secondary N) is 1. The maximum absolute atomic E-state index is 12.0. The lowest BCUT2D eigenvalue weighted by molar-refractivity contribution is 0.0932. The molecule has 0 spiro atoms. The minimum Gasteiger partial charge on any atom is -0.465 e. The average molecular weight is 347 g/mol. The van der Waals surface area contributed by atoms with E-state index in [0.717, 1.165) is 44.0 Å². The number of hydrogen-bond donors (Lipinski definition) is 1. The minimum absolute atomic E-state index is 0.214. The van der Waals surface area contributed by atoms with Crippen molar-refractivity contribution in [3.63, 3.8) is 0 Å². The number of likely N-dealkylation sites (tertiary alicyclic amines) is 1. The molecule has 8 heteroatoms. The van der Waals surface area contributed by atoms with Gasteiger partial charge < -0.3 is 14.5 Å². The molecule has 0 unspecified atom stereocenters. The van der Waals surface area contributed by atoms with Crippen LogP contribution >= 0.6 is 0 Å². The van der Waals surface area contributed by atoms with Crippen molar-refractivity contribution in [2.75, 3.05) is 33.4 Å². The van der Waals surface area contributed by atoms with E-state index in [9.17, 15) is 4.79 Å². The minimum atomic E-state index is -0.214. The number of methoxy groups -OCH3 is 1. The Morgan fingerprint density at radius 3 is 2.88 bits per heavy atom. The number of amides is 1. The van der Waals surface area contributed by atoms with Gasteiger partial charge in [0.1, 0.15) is 11.5 Å². The number of ether oxygens (including phenoxy) is 1. The van der Waals surface area contributed by atoms with Crippen LogP contribution in [-0.4, -0.2) is 59.2 Å². The molecular formula is C17H25N5O3. The molecule has 136 valence electrons. The third-order valence-corrected chi connectivity index (χ3v) is 4.44. The maximum Gasteiger partial charge on any atom is 0.273 e. The molecule has 2 aromatic rings. The van der Waals surface area contributed by atoms with Gasteiger partial charge in [0.05, 0.1) is 25.4 Å². The van der Waals surface area contributed by atoms with Crippen molar-refractivity contribution in [3.8, 4) is 0 Å². The van der Waals surface area contributed by atoms with E-state index in [2.05, 4.69) is 20.5 Å². The third kappa shape index (κ3) is 4.67. The van der Waals surface area contributed by atoms with Crippen LogP contribution in [0.3, 0.4) is 0 Å². The zero-order valence-corrected chi connectivity index (χ0v) is 14.8. The summed E-state index contributed by atoms with van der Waals surface area (Å²) in [6.45, 7) is 5.69. The highest BCUT2D eigenvalue weighted by Crippen LogP contribution is 2.23. The number of rotatable bonds is 7. The maximum atomic E-state index is 12.0. The SMILES string of the molecule is COCCNC(=O)c1cn(C2CCN(Cc3ccc(C)o3)CC2)nn1. The average Bonchev–Trinajstić information content (AvgIpc) is 3.25. The zero-order valence-electron chi connectivity index (χ0n) is 14.8. The second kappa shape index (κ2) is 8.26. The Labute approximate surface area is 147 Å². The van der Waals surface area contributed by atoms with Crippen molar-refractivity contribution in [2.45, 2.75) is 32.4 Å². The highest BCUT2D eigenvalue weighted by atomic mass is 16.5. The second-order valence-electron chi connectivity index (χ2n) is 6.35. The topological polar surface area (TPSA) is 85.4 Å². The summed E-state index contributed by atoms with van der Waals surface area (Å²) < 4.78 is 12.4. The molecule has 8 nitrogen and oxygen atoms in total. The molecule has 1 fully saturated rings.